The number of amides is 2. The molecular weight excluding hydrogens is 244 g/mol. The fraction of sp³-hybridized carbons (Fsp3) is 0.700. The molecule has 1 rings (SSSR count). The molecule has 1 fully saturated rings. The average molecular weight is 260 g/mol. The van der Waals surface area contributed by atoms with Gasteiger partial charge in [-0.3, -0.25) is 4.79 Å². The lowest BCUT2D eigenvalue weighted by molar-refractivity contribution is -0.145. The Morgan fingerprint density at radius 1 is 1.22 bits per heavy atom. The zero-order valence-electron chi connectivity index (χ0n) is 9.72. The predicted molar refractivity (Wildman–Crippen MR) is 59.2 cm³/mol. The van der Waals surface area contributed by atoms with Crippen molar-refractivity contribution in [2.45, 2.75) is 31.3 Å². The van der Waals surface area contributed by atoms with Gasteiger partial charge in [0.05, 0.1) is 6.42 Å². The number of carbonyl (C=O) groups excluding carboxylic acids is 1. The summed E-state index contributed by atoms with van der Waals surface area (Å²) in [7, 11) is 0. The van der Waals surface area contributed by atoms with Gasteiger partial charge in [0.2, 0.25) is 0 Å². The van der Waals surface area contributed by atoms with Crippen LogP contribution in [-0.2, 0) is 14.3 Å². The van der Waals surface area contributed by atoms with Crippen molar-refractivity contribution < 1.29 is 29.3 Å². The SMILES string of the molecule is O=C(O)C[C@@H](NC(=O)NC1CCOCC1)C(=O)O. The van der Waals surface area contributed by atoms with Crippen molar-refractivity contribution in [1.82, 2.24) is 10.6 Å². The highest BCUT2D eigenvalue weighted by molar-refractivity contribution is 5.86. The molecule has 0 bridgehead atoms. The summed E-state index contributed by atoms with van der Waals surface area (Å²) in [4.78, 5) is 32.7. The molecule has 0 aromatic heterocycles. The highest BCUT2D eigenvalue weighted by atomic mass is 16.5. The highest BCUT2D eigenvalue weighted by Crippen LogP contribution is 2.05. The first-order chi connectivity index (χ1) is 8.49. The maximum absolute atomic E-state index is 11.5. The van der Waals surface area contributed by atoms with E-state index in [4.69, 9.17) is 14.9 Å². The van der Waals surface area contributed by atoms with Crippen molar-refractivity contribution in [3.05, 3.63) is 0 Å². The number of ether oxygens (including phenoxy) is 1. The van der Waals surface area contributed by atoms with Gasteiger partial charge in [0, 0.05) is 19.3 Å². The smallest absolute Gasteiger partial charge is 0.326 e. The standard InChI is InChI=1S/C10H16N2O6/c13-8(14)5-7(9(15)16)12-10(17)11-6-1-3-18-4-2-6/h6-7H,1-5H2,(H,13,14)(H,15,16)(H2,11,12,17)/t7-/m1/s1. The summed E-state index contributed by atoms with van der Waals surface area (Å²) >= 11 is 0. The number of hydrogen-bond acceptors (Lipinski definition) is 4. The van der Waals surface area contributed by atoms with Crippen LogP contribution in [0.5, 0.6) is 0 Å². The largest absolute Gasteiger partial charge is 0.481 e. The summed E-state index contributed by atoms with van der Waals surface area (Å²) in [6.45, 7) is 1.09. The number of carboxylic acid groups (broad SMARTS) is 2. The second-order valence-corrected chi connectivity index (χ2v) is 3.99. The molecule has 1 saturated heterocycles. The van der Waals surface area contributed by atoms with Crippen LogP contribution in [-0.4, -0.2) is 53.5 Å². The predicted octanol–water partition coefficient (Wildman–Crippen LogP) is -0.608. The second kappa shape index (κ2) is 6.80. The number of aliphatic carboxylic acids is 2. The van der Waals surface area contributed by atoms with E-state index in [2.05, 4.69) is 10.6 Å². The number of nitrogens with one attached hydrogen (secondary N) is 2. The fourth-order valence-electron chi connectivity index (χ4n) is 1.60. The lowest BCUT2D eigenvalue weighted by Gasteiger charge is -2.24. The highest BCUT2D eigenvalue weighted by Gasteiger charge is 2.24. The number of rotatable bonds is 5. The van der Waals surface area contributed by atoms with Crippen molar-refractivity contribution in [1.29, 1.82) is 0 Å². The number of carboxylic acids is 2. The van der Waals surface area contributed by atoms with Crippen LogP contribution >= 0.6 is 0 Å². The van der Waals surface area contributed by atoms with Crippen LogP contribution in [0.3, 0.4) is 0 Å². The summed E-state index contributed by atoms with van der Waals surface area (Å²) in [6, 6.07) is -2.17. The fourth-order valence-corrected chi connectivity index (χ4v) is 1.60. The van der Waals surface area contributed by atoms with Crippen LogP contribution in [0.15, 0.2) is 0 Å². The first-order valence-corrected chi connectivity index (χ1v) is 5.58. The van der Waals surface area contributed by atoms with Crippen molar-refractivity contribution >= 4 is 18.0 Å². The molecule has 8 heteroatoms. The molecular formula is C10H16N2O6. The van der Waals surface area contributed by atoms with E-state index >= 15 is 0 Å². The normalized spacial score (nSPS) is 17.8. The third-order valence-electron chi connectivity index (χ3n) is 2.54. The van der Waals surface area contributed by atoms with E-state index in [1.807, 2.05) is 0 Å². The van der Waals surface area contributed by atoms with Crippen molar-refractivity contribution in [3.63, 3.8) is 0 Å². The molecule has 0 aliphatic carbocycles. The van der Waals surface area contributed by atoms with Crippen molar-refractivity contribution in [2.24, 2.45) is 0 Å². The minimum absolute atomic E-state index is 0.0713. The van der Waals surface area contributed by atoms with E-state index in [1.54, 1.807) is 0 Å². The molecule has 1 aliphatic heterocycles. The van der Waals surface area contributed by atoms with Crippen LogP contribution in [0.1, 0.15) is 19.3 Å². The molecule has 0 unspecified atom stereocenters. The average Bonchev–Trinajstić information content (AvgIpc) is 2.28. The van der Waals surface area contributed by atoms with Crippen LogP contribution in [0, 0.1) is 0 Å². The van der Waals surface area contributed by atoms with Crippen molar-refractivity contribution in [3.8, 4) is 0 Å². The Morgan fingerprint density at radius 2 is 1.83 bits per heavy atom. The Morgan fingerprint density at radius 3 is 2.33 bits per heavy atom. The Balaban J connectivity index is 2.40. The van der Waals surface area contributed by atoms with Gasteiger partial charge in [-0.1, -0.05) is 0 Å². The summed E-state index contributed by atoms with van der Waals surface area (Å²) in [5, 5.41) is 22.0. The Kier molecular flexibility index (Phi) is 5.37. The number of carbonyl (C=O) groups is 3. The molecule has 1 aliphatic rings. The Hall–Kier alpha value is -1.83. The maximum Gasteiger partial charge on any atom is 0.326 e. The van der Waals surface area contributed by atoms with Crippen LogP contribution in [0.25, 0.3) is 0 Å². The first kappa shape index (κ1) is 14.2. The topological polar surface area (TPSA) is 125 Å². The second-order valence-electron chi connectivity index (χ2n) is 3.99. The molecule has 2 amide bonds. The van der Waals surface area contributed by atoms with E-state index in [-0.39, 0.29) is 6.04 Å². The quantitative estimate of drug-likeness (QED) is 0.522. The molecule has 1 heterocycles. The zero-order valence-corrected chi connectivity index (χ0v) is 9.72. The van der Waals surface area contributed by atoms with E-state index in [0.717, 1.165) is 0 Å². The molecule has 0 spiro atoms. The molecule has 0 radical (unpaired) electrons. The van der Waals surface area contributed by atoms with Crippen LogP contribution in [0.4, 0.5) is 4.79 Å². The monoisotopic (exact) mass is 260 g/mol. The van der Waals surface area contributed by atoms with Gasteiger partial charge in [0.1, 0.15) is 6.04 Å². The Labute approximate surface area is 103 Å². The van der Waals surface area contributed by atoms with E-state index in [0.29, 0.717) is 26.1 Å². The van der Waals surface area contributed by atoms with E-state index in [1.165, 1.54) is 0 Å². The first-order valence-electron chi connectivity index (χ1n) is 5.58. The van der Waals surface area contributed by atoms with Crippen molar-refractivity contribution in [2.75, 3.05) is 13.2 Å². The minimum atomic E-state index is -1.43. The number of hydrogen-bond donors (Lipinski definition) is 4. The summed E-state index contributed by atoms with van der Waals surface area (Å²) < 4.78 is 5.11. The molecule has 8 nitrogen and oxygen atoms in total. The molecule has 0 aromatic rings. The van der Waals surface area contributed by atoms with Gasteiger partial charge in [-0.15, -0.1) is 0 Å². The molecule has 18 heavy (non-hydrogen) atoms. The summed E-state index contributed by atoms with van der Waals surface area (Å²) in [6.07, 6.45) is 0.657. The summed E-state index contributed by atoms with van der Waals surface area (Å²) in [5.41, 5.74) is 0. The third-order valence-corrected chi connectivity index (χ3v) is 2.54. The lowest BCUT2D eigenvalue weighted by Crippen LogP contribution is -2.50. The van der Waals surface area contributed by atoms with E-state index in [9.17, 15) is 14.4 Å². The summed E-state index contributed by atoms with van der Waals surface area (Å²) in [5.74, 6) is -2.66. The van der Waals surface area contributed by atoms with Gasteiger partial charge >= 0.3 is 18.0 Å². The van der Waals surface area contributed by atoms with Crippen LogP contribution < -0.4 is 10.6 Å². The molecule has 0 saturated carbocycles. The lowest BCUT2D eigenvalue weighted by atomic mass is 10.1. The Bertz CT molecular complexity index is 326. The maximum atomic E-state index is 11.5. The third kappa shape index (κ3) is 5.00. The minimum Gasteiger partial charge on any atom is -0.481 e. The van der Waals surface area contributed by atoms with Gasteiger partial charge in [0.25, 0.3) is 0 Å². The van der Waals surface area contributed by atoms with Gasteiger partial charge in [-0.05, 0) is 12.8 Å². The van der Waals surface area contributed by atoms with Gasteiger partial charge in [-0.25, -0.2) is 9.59 Å². The number of urea groups is 1. The van der Waals surface area contributed by atoms with E-state index < -0.39 is 30.4 Å². The van der Waals surface area contributed by atoms with Gasteiger partial charge < -0.3 is 25.6 Å². The van der Waals surface area contributed by atoms with Gasteiger partial charge in [0.15, 0.2) is 0 Å². The molecule has 102 valence electrons. The zero-order chi connectivity index (χ0) is 13.5. The van der Waals surface area contributed by atoms with Crippen LogP contribution in [0.2, 0.25) is 0 Å². The molecule has 4 N–H and O–H groups in total. The molecule has 1 atom stereocenters. The van der Waals surface area contributed by atoms with Gasteiger partial charge in [-0.2, -0.15) is 0 Å². The molecule has 0 aromatic carbocycles.